The molecule has 0 aromatic heterocycles. The molecule has 92 valence electrons. The molecule has 1 atom stereocenters. The largest absolute Gasteiger partial charge is 0.119 e. The van der Waals surface area contributed by atoms with Gasteiger partial charge in [0, 0.05) is 0 Å². The molecule has 0 radical (unpaired) electrons. The highest BCUT2D eigenvalue weighted by molar-refractivity contribution is 5.40. The van der Waals surface area contributed by atoms with Crippen LogP contribution in [0.15, 0.2) is 35.5 Å². The van der Waals surface area contributed by atoms with E-state index in [-0.39, 0.29) is 16.7 Å². The van der Waals surface area contributed by atoms with Gasteiger partial charge in [-0.25, -0.2) is 0 Å². The number of rotatable bonds is 0. The van der Waals surface area contributed by atoms with E-state index in [0.717, 1.165) is 0 Å². The Hall–Kier alpha value is -1.22. The highest BCUT2D eigenvalue weighted by Crippen LogP contribution is 2.36. The van der Waals surface area contributed by atoms with Crippen LogP contribution in [0.1, 0.15) is 41.5 Å². The predicted molar refractivity (Wildman–Crippen MR) is 76.5 cm³/mol. The van der Waals surface area contributed by atoms with Crippen molar-refractivity contribution in [2.24, 2.45) is 16.7 Å². The predicted octanol–water partition coefficient (Wildman–Crippen LogP) is 4.75. The van der Waals surface area contributed by atoms with Crippen molar-refractivity contribution >= 4 is 0 Å². The second-order valence-corrected chi connectivity index (χ2v) is 6.75. The van der Waals surface area contributed by atoms with E-state index in [1.54, 1.807) is 0 Å². The molecule has 0 fully saturated rings. The van der Waals surface area contributed by atoms with Crippen LogP contribution in [-0.2, 0) is 0 Å². The van der Waals surface area contributed by atoms with Gasteiger partial charge in [0.25, 0.3) is 0 Å². The summed E-state index contributed by atoms with van der Waals surface area (Å²) in [4.78, 5) is 0. The van der Waals surface area contributed by atoms with Crippen molar-refractivity contribution in [2.75, 3.05) is 0 Å². The molecule has 17 heavy (non-hydrogen) atoms. The lowest BCUT2D eigenvalue weighted by molar-refractivity contribution is 0.476. The van der Waals surface area contributed by atoms with E-state index in [2.05, 4.69) is 71.8 Å². The zero-order valence-corrected chi connectivity index (χ0v) is 12.0. The summed E-state index contributed by atoms with van der Waals surface area (Å²) < 4.78 is 0. The molecule has 0 heterocycles. The molecule has 0 aromatic rings. The summed E-state index contributed by atoms with van der Waals surface area (Å²) in [6.45, 7) is 13.3. The molecule has 0 saturated heterocycles. The van der Waals surface area contributed by atoms with Crippen molar-refractivity contribution in [3.8, 4) is 12.3 Å². The molecule has 0 aromatic carbocycles. The van der Waals surface area contributed by atoms with Crippen molar-refractivity contribution in [1.82, 2.24) is 0 Å². The maximum absolute atomic E-state index is 5.65. The van der Waals surface area contributed by atoms with Crippen molar-refractivity contribution in [3.05, 3.63) is 35.5 Å². The molecule has 0 nitrogen and oxygen atoms in total. The van der Waals surface area contributed by atoms with Crippen molar-refractivity contribution < 1.29 is 0 Å². The third kappa shape index (κ3) is 3.37. The molecule has 1 rings (SSSR count). The standard InChI is InChI=1S/C17H24/c1-8-13-9-10-14(16(2,3)4)11-12-15(13)17(5,6)7/h1,9-13H,2-7H3. The molecule has 0 N–H and O–H groups in total. The topological polar surface area (TPSA) is 0 Å². The van der Waals surface area contributed by atoms with E-state index in [9.17, 15) is 0 Å². The van der Waals surface area contributed by atoms with Gasteiger partial charge in [0.2, 0.25) is 0 Å². The lowest BCUT2D eigenvalue weighted by Gasteiger charge is -2.25. The summed E-state index contributed by atoms with van der Waals surface area (Å²) in [5.41, 5.74) is 2.93. The van der Waals surface area contributed by atoms with E-state index in [1.165, 1.54) is 11.1 Å². The summed E-state index contributed by atoms with van der Waals surface area (Å²) in [5.74, 6) is 3.00. The molecule has 1 aliphatic rings. The second kappa shape index (κ2) is 4.57. The van der Waals surface area contributed by atoms with Gasteiger partial charge in [-0.05, 0) is 22.0 Å². The molecular weight excluding hydrogens is 204 g/mol. The van der Waals surface area contributed by atoms with E-state index < -0.39 is 0 Å². The number of hydrogen-bond donors (Lipinski definition) is 0. The highest BCUT2D eigenvalue weighted by atomic mass is 14.3. The SMILES string of the molecule is C#CC1C=CC(C(C)(C)C)=CC=C1C(C)(C)C. The van der Waals surface area contributed by atoms with Gasteiger partial charge >= 0.3 is 0 Å². The van der Waals surface area contributed by atoms with E-state index in [4.69, 9.17) is 6.42 Å². The Balaban J connectivity index is 3.23. The first-order valence-electron chi connectivity index (χ1n) is 6.23. The Kier molecular flexibility index (Phi) is 3.72. The zero-order valence-electron chi connectivity index (χ0n) is 12.0. The first-order valence-corrected chi connectivity index (χ1v) is 6.23. The summed E-state index contributed by atoms with van der Waals surface area (Å²) in [5, 5.41) is 0. The normalized spacial score (nSPS) is 21.4. The van der Waals surface area contributed by atoms with Gasteiger partial charge in [-0.1, -0.05) is 71.8 Å². The molecular formula is C17H24. The van der Waals surface area contributed by atoms with Crippen LogP contribution in [0.2, 0.25) is 0 Å². The Bertz CT molecular complexity index is 408. The summed E-state index contributed by atoms with van der Waals surface area (Å²) in [7, 11) is 0. The van der Waals surface area contributed by atoms with Gasteiger partial charge in [-0.2, -0.15) is 0 Å². The van der Waals surface area contributed by atoms with Gasteiger partial charge < -0.3 is 0 Å². The van der Waals surface area contributed by atoms with Crippen LogP contribution in [0.3, 0.4) is 0 Å². The Morgan fingerprint density at radius 2 is 1.59 bits per heavy atom. The molecule has 0 saturated carbocycles. The van der Waals surface area contributed by atoms with Crippen LogP contribution in [0.25, 0.3) is 0 Å². The smallest absolute Gasteiger partial charge is 0.0601 e. The minimum atomic E-state index is 0.116. The molecule has 1 aliphatic carbocycles. The molecule has 0 spiro atoms. The maximum Gasteiger partial charge on any atom is 0.0601 e. The minimum absolute atomic E-state index is 0.116. The van der Waals surface area contributed by atoms with Crippen LogP contribution in [0.4, 0.5) is 0 Å². The van der Waals surface area contributed by atoms with Crippen LogP contribution in [-0.4, -0.2) is 0 Å². The fourth-order valence-corrected chi connectivity index (χ4v) is 2.00. The van der Waals surface area contributed by atoms with Crippen LogP contribution in [0, 0.1) is 29.1 Å². The van der Waals surface area contributed by atoms with Gasteiger partial charge in [0.05, 0.1) is 5.92 Å². The van der Waals surface area contributed by atoms with E-state index in [0.29, 0.717) is 0 Å². The van der Waals surface area contributed by atoms with Crippen molar-refractivity contribution in [3.63, 3.8) is 0 Å². The van der Waals surface area contributed by atoms with Crippen molar-refractivity contribution in [1.29, 1.82) is 0 Å². The summed E-state index contributed by atoms with van der Waals surface area (Å²) >= 11 is 0. The lowest BCUT2D eigenvalue weighted by Crippen LogP contribution is -2.15. The first-order chi connectivity index (χ1) is 7.66. The van der Waals surface area contributed by atoms with Crippen LogP contribution in [0.5, 0.6) is 0 Å². The van der Waals surface area contributed by atoms with Gasteiger partial charge in [0.15, 0.2) is 0 Å². The lowest BCUT2D eigenvalue weighted by atomic mass is 9.79. The fourth-order valence-electron chi connectivity index (χ4n) is 2.00. The third-order valence-corrected chi connectivity index (χ3v) is 3.16. The highest BCUT2D eigenvalue weighted by Gasteiger charge is 2.24. The van der Waals surface area contributed by atoms with E-state index >= 15 is 0 Å². The maximum atomic E-state index is 5.65. The third-order valence-electron chi connectivity index (χ3n) is 3.16. The van der Waals surface area contributed by atoms with Crippen LogP contribution >= 0.6 is 0 Å². The second-order valence-electron chi connectivity index (χ2n) is 6.75. The average molecular weight is 228 g/mol. The fraction of sp³-hybridized carbons (Fsp3) is 0.529. The van der Waals surface area contributed by atoms with Gasteiger partial charge in [0.1, 0.15) is 0 Å². The molecule has 0 heteroatoms. The number of allylic oxidation sites excluding steroid dienone is 6. The molecule has 0 bridgehead atoms. The molecule has 0 aliphatic heterocycles. The van der Waals surface area contributed by atoms with Crippen molar-refractivity contribution in [2.45, 2.75) is 41.5 Å². The Morgan fingerprint density at radius 1 is 1.00 bits per heavy atom. The zero-order chi connectivity index (χ0) is 13.3. The molecule has 1 unspecified atom stereocenters. The van der Waals surface area contributed by atoms with Gasteiger partial charge in [-0.15, -0.1) is 6.42 Å². The monoisotopic (exact) mass is 228 g/mol. The summed E-state index contributed by atoms with van der Waals surface area (Å²) in [6, 6.07) is 0. The average Bonchev–Trinajstić information content (AvgIpc) is 2.36. The summed E-state index contributed by atoms with van der Waals surface area (Å²) in [6.07, 6.45) is 14.4. The first kappa shape index (κ1) is 13.8. The van der Waals surface area contributed by atoms with Crippen LogP contribution < -0.4 is 0 Å². The minimum Gasteiger partial charge on any atom is -0.119 e. The Labute approximate surface area is 107 Å². The van der Waals surface area contributed by atoms with Gasteiger partial charge in [-0.3, -0.25) is 0 Å². The molecule has 0 amide bonds. The number of hydrogen-bond acceptors (Lipinski definition) is 0. The Morgan fingerprint density at radius 3 is 2.00 bits per heavy atom. The van der Waals surface area contributed by atoms with E-state index in [1.807, 2.05) is 0 Å². The number of terminal acetylenes is 1. The quantitative estimate of drug-likeness (QED) is 0.525.